The van der Waals surface area contributed by atoms with Gasteiger partial charge in [0.25, 0.3) is 5.91 Å². The molecule has 6 heteroatoms. The summed E-state index contributed by atoms with van der Waals surface area (Å²) >= 11 is 0. The van der Waals surface area contributed by atoms with E-state index in [-0.39, 0.29) is 18.4 Å². The highest BCUT2D eigenvalue weighted by molar-refractivity contribution is 6.09. The van der Waals surface area contributed by atoms with Gasteiger partial charge in [-0.1, -0.05) is 51.1 Å². The van der Waals surface area contributed by atoms with Crippen LogP contribution in [0.1, 0.15) is 39.2 Å². The zero-order valence-corrected chi connectivity index (χ0v) is 15.7. The van der Waals surface area contributed by atoms with E-state index in [0.29, 0.717) is 31.3 Å². The van der Waals surface area contributed by atoms with E-state index in [0.717, 1.165) is 16.9 Å². The van der Waals surface area contributed by atoms with Gasteiger partial charge in [0.05, 0.1) is 0 Å². The van der Waals surface area contributed by atoms with Gasteiger partial charge in [-0.05, 0) is 30.2 Å². The molecule has 140 valence electrons. The molecule has 0 radical (unpaired) electrons. The first-order chi connectivity index (χ1) is 12.4. The molecule has 1 aromatic rings. The first kappa shape index (κ1) is 18.4. The van der Waals surface area contributed by atoms with E-state index < -0.39 is 11.6 Å². The molecular formula is C20H27N3O3. The van der Waals surface area contributed by atoms with Crippen molar-refractivity contribution in [2.45, 2.75) is 39.2 Å². The number of likely N-dealkylation sites (tertiary alicyclic amines) is 1. The number of carbonyl (C=O) groups excluding carboxylic acids is 3. The van der Waals surface area contributed by atoms with E-state index in [2.05, 4.69) is 19.2 Å². The highest BCUT2D eigenvalue weighted by Crippen LogP contribution is 2.32. The van der Waals surface area contributed by atoms with Gasteiger partial charge < -0.3 is 10.2 Å². The molecular weight excluding hydrogens is 330 g/mol. The van der Waals surface area contributed by atoms with Crippen LogP contribution in [0.5, 0.6) is 0 Å². The van der Waals surface area contributed by atoms with Crippen LogP contribution < -0.4 is 5.32 Å². The van der Waals surface area contributed by atoms with Crippen molar-refractivity contribution in [1.82, 2.24) is 15.1 Å². The molecule has 2 fully saturated rings. The molecule has 1 N–H and O–H groups in total. The fourth-order valence-corrected chi connectivity index (χ4v) is 4.23. The highest BCUT2D eigenvalue weighted by Gasteiger charge is 2.51. The van der Waals surface area contributed by atoms with E-state index >= 15 is 0 Å². The lowest BCUT2D eigenvalue weighted by Crippen LogP contribution is -2.49. The molecule has 6 nitrogen and oxygen atoms in total. The predicted molar refractivity (Wildman–Crippen MR) is 98.2 cm³/mol. The number of imide groups is 1. The Morgan fingerprint density at radius 2 is 1.77 bits per heavy atom. The summed E-state index contributed by atoms with van der Waals surface area (Å²) in [4.78, 5) is 41.2. The summed E-state index contributed by atoms with van der Waals surface area (Å²) in [6.45, 7) is 7.29. The van der Waals surface area contributed by atoms with Gasteiger partial charge in [0.1, 0.15) is 12.1 Å². The van der Waals surface area contributed by atoms with E-state index in [1.165, 1.54) is 0 Å². The second kappa shape index (κ2) is 7.09. The molecule has 26 heavy (non-hydrogen) atoms. The minimum absolute atomic E-state index is 0.160. The smallest absolute Gasteiger partial charge is 0.325 e. The maximum absolute atomic E-state index is 13.1. The highest BCUT2D eigenvalue weighted by atomic mass is 16.2. The molecule has 3 atom stereocenters. The van der Waals surface area contributed by atoms with Crippen molar-refractivity contribution in [3.05, 3.63) is 35.9 Å². The molecule has 2 aliphatic rings. The number of carbonyl (C=O) groups is 3. The van der Waals surface area contributed by atoms with Gasteiger partial charge in [-0.3, -0.25) is 14.5 Å². The van der Waals surface area contributed by atoms with Crippen molar-refractivity contribution >= 4 is 17.8 Å². The first-order valence-corrected chi connectivity index (χ1v) is 9.34. The maximum Gasteiger partial charge on any atom is 0.325 e. The Morgan fingerprint density at radius 3 is 2.35 bits per heavy atom. The number of piperidine rings is 1. The van der Waals surface area contributed by atoms with Gasteiger partial charge in [0, 0.05) is 13.1 Å². The van der Waals surface area contributed by atoms with Crippen molar-refractivity contribution in [1.29, 1.82) is 0 Å². The minimum Gasteiger partial charge on any atom is -0.341 e. The second-order valence-corrected chi connectivity index (χ2v) is 7.69. The van der Waals surface area contributed by atoms with Crippen LogP contribution in [0.15, 0.2) is 30.3 Å². The summed E-state index contributed by atoms with van der Waals surface area (Å²) in [5.41, 5.74) is -0.336. The fraction of sp³-hybridized carbons (Fsp3) is 0.550. The summed E-state index contributed by atoms with van der Waals surface area (Å²) in [5.74, 6) is 0.365. The molecule has 2 aliphatic heterocycles. The second-order valence-electron chi connectivity index (χ2n) is 7.69. The molecule has 1 aromatic carbocycles. The topological polar surface area (TPSA) is 69.7 Å². The normalized spacial score (nSPS) is 29.0. The van der Waals surface area contributed by atoms with Gasteiger partial charge in [-0.25, -0.2) is 4.79 Å². The van der Waals surface area contributed by atoms with E-state index in [9.17, 15) is 14.4 Å². The molecule has 4 amide bonds. The third-order valence-electron chi connectivity index (χ3n) is 5.49. The summed E-state index contributed by atoms with van der Waals surface area (Å²) in [5, 5.41) is 2.83. The van der Waals surface area contributed by atoms with Crippen molar-refractivity contribution in [2.75, 3.05) is 19.6 Å². The summed E-state index contributed by atoms with van der Waals surface area (Å²) in [6.07, 6.45) is 1.53. The standard InChI is InChI=1S/C20H27N3O3/c1-4-20(16-8-6-5-7-9-16)18(25)23(19(26)21-20)13-17(24)22-11-14(2)10-15(3)12-22/h5-9,14-15H,4,10-13H2,1-3H3,(H,21,26)/t14-,15+,20-/m0/s1. The van der Waals surface area contributed by atoms with Crippen LogP contribution >= 0.6 is 0 Å². The number of urea groups is 1. The van der Waals surface area contributed by atoms with Crippen LogP contribution in [-0.4, -0.2) is 47.3 Å². The monoisotopic (exact) mass is 357 g/mol. The van der Waals surface area contributed by atoms with Crippen LogP contribution in [0.3, 0.4) is 0 Å². The first-order valence-electron chi connectivity index (χ1n) is 9.34. The SMILES string of the molecule is CC[C@@]1(c2ccccc2)NC(=O)N(CC(=O)N2C[C@H](C)C[C@H](C)C2)C1=O. The number of rotatable bonds is 4. The fourth-order valence-electron chi connectivity index (χ4n) is 4.23. The summed E-state index contributed by atoms with van der Waals surface area (Å²) < 4.78 is 0. The average Bonchev–Trinajstić information content (AvgIpc) is 2.86. The van der Waals surface area contributed by atoms with Crippen LogP contribution in [0.4, 0.5) is 4.79 Å². The lowest BCUT2D eigenvalue weighted by atomic mass is 9.87. The van der Waals surface area contributed by atoms with Crippen molar-refractivity contribution in [3.8, 4) is 0 Å². The van der Waals surface area contributed by atoms with Gasteiger partial charge in [0.15, 0.2) is 0 Å². The molecule has 2 heterocycles. The van der Waals surface area contributed by atoms with Gasteiger partial charge in [-0.2, -0.15) is 0 Å². The third kappa shape index (κ3) is 3.20. The Morgan fingerprint density at radius 1 is 1.15 bits per heavy atom. The molecule has 3 rings (SSSR count). The molecule has 0 aliphatic carbocycles. The van der Waals surface area contributed by atoms with Crippen LogP contribution in [0, 0.1) is 11.8 Å². The lowest BCUT2D eigenvalue weighted by molar-refractivity contribution is -0.140. The zero-order valence-electron chi connectivity index (χ0n) is 15.7. The Balaban J connectivity index is 1.78. The van der Waals surface area contributed by atoms with E-state index in [1.807, 2.05) is 37.3 Å². The average molecular weight is 357 g/mol. The molecule has 0 bridgehead atoms. The summed E-state index contributed by atoms with van der Waals surface area (Å²) in [7, 11) is 0. The summed E-state index contributed by atoms with van der Waals surface area (Å²) in [6, 6.07) is 8.73. The number of nitrogens with one attached hydrogen (secondary N) is 1. The molecule has 0 aromatic heterocycles. The largest absolute Gasteiger partial charge is 0.341 e. The van der Waals surface area contributed by atoms with Gasteiger partial charge in [0.2, 0.25) is 5.91 Å². The predicted octanol–water partition coefficient (Wildman–Crippen LogP) is 2.35. The van der Waals surface area contributed by atoms with Gasteiger partial charge >= 0.3 is 6.03 Å². The van der Waals surface area contributed by atoms with Crippen LogP contribution in [0.25, 0.3) is 0 Å². The van der Waals surface area contributed by atoms with E-state index in [1.54, 1.807) is 4.90 Å². The number of nitrogens with zero attached hydrogens (tertiary/aromatic N) is 2. The Labute approximate surface area is 154 Å². The minimum atomic E-state index is -1.08. The van der Waals surface area contributed by atoms with Gasteiger partial charge in [-0.15, -0.1) is 0 Å². The van der Waals surface area contributed by atoms with Crippen LogP contribution in [0.2, 0.25) is 0 Å². The molecule has 0 unspecified atom stereocenters. The Bertz CT molecular complexity index is 696. The molecule has 0 saturated carbocycles. The maximum atomic E-state index is 13.1. The molecule has 2 saturated heterocycles. The number of hydrogen-bond donors (Lipinski definition) is 1. The number of benzene rings is 1. The van der Waals surface area contributed by atoms with E-state index in [4.69, 9.17) is 0 Å². The Hall–Kier alpha value is -2.37. The van der Waals surface area contributed by atoms with Crippen molar-refractivity contribution in [2.24, 2.45) is 11.8 Å². The van der Waals surface area contributed by atoms with Crippen molar-refractivity contribution in [3.63, 3.8) is 0 Å². The quantitative estimate of drug-likeness (QED) is 0.841. The number of hydrogen-bond acceptors (Lipinski definition) is 3. The number of amides is 4. The van der Waals surface area contributed by atoms with Crippen LogP contribution in [-0.2, 0) is 15.1 Å². The Kier molecular flexibility index (Phi) is 5.03. The lowest BCUT2D eigenvalue weighted by Gasteiger charge is -2.35. The zero-order chi connectivity index (χ0) is 18.9. The third-order valence-corrected chi connectivity index (χ3v) is 5.49. The van der Waals surface area contributed by atoms with Crippen molar-refractivity contribution < 1.29 is 14.4 Å². The molecule has 0 spiro atoms.